The van der Waals surface area contributed by atoms with Gasteiger partial charge in [-0.05, 0) is 31.7 Å². The Morgan fingerprint density at radius 2 is 1.76 bits per heavy atom. The molecule has 0 amide bonds. The smallest absolute Gasteiger partial charge is 0.149 e. The molecule has 0 N–H and O–H groups in total. The van der Waals surface area contributed by atoms with Crippen LogP contribution in [0.2, 0.25) is 0 Å². The van der Waals surface area contributed by atoms with E-state index in [4.69, 9.17) is 0 Å². The zero-order chi connectivity index (χ0) is 12.8. The first-order valence-electron chi connectivity index (χ1n) is 7.27. The molecule has 0 saturated heterocycles. The molecule has 100 valence electrons. The number of carbonyl (C=O) groups excluding carboxylic acids is 1. The topological polar surface area (TPSA) is 20.3 Å². The second kappa shape index (κ2) is 7.15. The molecular weight excluding hydrogens is 210 g/mol. The molecule has 1 fully saturated rings. The molecule has 0 spiro atoms. The van der Waals surface area contributed by atoms with Gasteiger partial charge in [0.15, 0.2) is 0 Å². The van der Waals surface area contributed by atoms with Crippen LogP contribution < -0.4 is 0 Å². The molecule has 0 aromatic carbocycles. The maximum Gasteiger partial charge on any atom is 0.149 e. The van der Waals surface area contributed by atoms with Gasteiger partial charge in [-0.15, -0.1) is 0 Å². The van der Waals surface area contributed by atoms with Crippen LogP contribution >= 0.6 is 0 Å². The largest absolute Gasteiger partial charge is 0.298 e. The summed E-state index contributed by atoms with van der Waals surface area (Å²) in [7, 11) is 0. The Kier molecular flexibility index (Phi) is 6.18. The molecule has 17 heavy (non-hydrogen) atoms. The monoisotopic (exact) mass is 239 g/mol. The van der Waals surface area contributed by atoms with Crippen molar-refractivity contribution in [3.63, 3.8) is 0 Å². The highest BCUT2D eigenvalue weighted by Gasteiger charge is 2.24. The zero-order valence-corrected chi connectivity index (χ0v) is 12.0. The molecule has 0 radical (unpaired) electrons. The number of hydrogen-bond donors (Lipinski definition) is 0. The molecule has 1 rings (SSSR count). The Bertz CT molecular complexity index is 229. The summed E-state index contributed by atoms with van der Waals surface area (Å²) in [6.07, 6.45) is 6.49. The normalized spacial score (nSPS) is 17.6. The van der Waals surface area contributed by atoms with Crippen LogP contribution in [-0.2, 0) is 4.79 Å². The van der Waals surface area contributed by atoms with Gasteiger partial charge in [-0.25, -0.2) is 0 Å². The lowest BCUT2D eigenvalue weighted by Gasteiger charge is -2.29. The first kappa shape index (κ1) is 14.7. The highest BCUT2D eigenvalue weighted by atomic mass is 16.1. The summed E-state index contributed by atoms with van der Waals surface area (Å²) in [6.45, 7) is 10.3. The van der Waals surface area contributed by atoms with Crippen molar-refractivity contribution < 1.29 is 4.79 Å². The van der Waals surface area contributed by atoms with Crippen LogP contribution in [0, 0.1) is 11.8 Å². The van der Waals surface area contributed by atoms with Gasteiger partial charge in [-0.3, -0.25) is 9.69 Å². The summed E-state index contributed by atoms with van der Waals surface area (Å²) in [5.74, 6) is 1.31. The lowest BCUT2D eigenvalue weighted by atomic mass is 10.1. The second-order valence-corrected chi connectivity index (χ2v) is 6.21. The van der Waals surface area contributed by atoms with Crippen molar-refractivity contribution in [1.82, 2.24) is 4.90 Å². The van der Waals surface area contributed by atoms with Crippen molar-refractivity contribution >= 4 is 5.78 Å². The molecule has 1 aliphatic carbocycles. The molecule has 0 heterocycles. The van der Waals surface area contributed by atoms with E-state index in [9.17, 15) is 4.79 Å². The molecule has 0 atom stereocenters. The van der Waals surface area contributed by atoms with Crippen LogP contribution in [0.5, 0.6) is 0 Å². The average molecular weight is 239 g/mol. The van der Waals surface area contributed by atoms with Crippen LogP contribution in [-0.4, -0.2) is 29.8 Å². The molecule has 0 aromatic rings. The Balaban J connectivity index is 2.48. The summed E-state index contributed by atoms with van der Waals surface area (Å²) in [6, 6.07) is 0.677. The molecule has 0 bridgehead atoms. The van der Waals surface area contributed by atoms with Gasteiger partial charge in [0.2, 0.25) is 0 Å². The third-order valence-electron chi connectivity index (χ3n) is 3.84. The predicted molar refractivity (Wildman–Crippen MR) is 73.1 cm³/mol. The maximum atomic E-state index is 11.9. The molecule has 2 heteroatoms. The van der Waals surface area contributed by atoms with Crippen LogP contribution in [0.3, 0.4) is 0 Å². The number of nitrogens with zero attached hydrogens (tertiary/aromatic N) is 1. The predicted octanol–water partition coefficient (Wildman–Crippen LogP) is 3.50. The SMILES string of the molecule is CC(C)CCN(CC(=O)C(C)C)C1CCCC1. The minimum atomic E-state index is 0.179. The molecule has 1 aliphatic rings. The fraction of sp³-hybridized carbons (Fsp3) is 0.933. The van der Waals surface area contributed by atoms with Crippen LogP contribution in [0.15, 0.2) is 0 Å². The summed E-state index contributed by atoms with van der Waals surface area (Å²) < 4.78 is 0. The van der Waals surface area contributed by atoms with E-state index < -0.39 is 0 Å². The lowest BCUT2D eigenvalue weighted by molar-refractivity contribution is -0.123. The van der Waals surface area contributed by atoms with Gasteiger partial charge >= 0.3 is 0 Å². The highest BCUT2D eigenvalue weighted by molar-refractivity contribution is 5.82. The lowest BCUT2D eigenvalue weighted by Crippen LogP contribution is -2.39. The van der Waals surface area contributed by atoms with Crippen LogP contribution in [0.4, 0.5) is 0 Å². The van der Waals surface area contributed by atoms with Crippen LogP contribution in [0.1, 0.15) is 59.8 Å². The third-order valence-corrected chi connectivity index (χ3v) is 3.84. The summed E-state index contributed by atoms with van der Waals surface area (Å²) >= 11 is 0. The molecule has 0 aliphatic heterocycles. The number of hydrogen-bond acceptors (Lipinski definition) is 2. The summed E-state index contributed by atoms with van der Waals surface area (Å²) in [5, 5.41) is 0. The van der Waals surface area contributed by atoms with Crippen molar-refractivity contribution in [2.75, 3.05) is 13.1 Å². The van der Waals surface area contributed by atoms with Crippen molar-refractivity contribution in [2.45, 2.75) is 65.8 Å². The van der Waals surface area contributed by atoms with E-state index in [1.165, 1.54) is 32.1 Å². The number of carbonyl (C=O) groups is 1. The fourth-order valence-corrected chi connectivity index (χ4v) is 2.47. The Morgan fingerprint density at radius 1 is 1.18 bits per heavy atom. The molecule has 1 saturated carbocycles. The highest BCUT2D eigenvalue weighted by Crippen LogP contribution is 2.24. The van der Waals surface area contributed by atoms with Gasteiger partial charge in [0.1, 0.15) is 5.78 Å². The minimum Gasteiger partial charge on any atom is -0.298 e. The Morgan fingerprint density at radius 3 is 2.24 bits per heavy atom. The molecular formula is C15H29NO. The summed E-state index contributed by atoms with van der Waals surface area (Å²) in [4.78, 5) is 14.4. The Labute approximate surface area is 107 Å². The van der Waals surface area contributed by atoms with Crippen molar-refractivity contribution in [3.8, 4) is 0 Å². The van der Waals surface area contributed by atoms with E-state index in [2.05, 4.69) is 18.7 Å². The third kappa shape index (κ3) is 5.20. The van der Waals surface area contributed by atoms with Crippen molar-refractivity contribution in [3.05, 3.63) is 0 Å². The first-order valence-corrected chi connectivity index (χ1v) is 7.27. The van der Waals surface area contributed by atoms with E-state index >= 15 is 0 Å². The summed E-state index contributed by atoms with van der Waals surface area (Å²) in [5.41, 5.74) is 0. The first-order chi connectivity index (χ1) is 8.00. The van der Waals surface area contributed by atoms with E-state index in [1.54, 1.807) is 0 Å². The van der Waals surface area contributed by atoms with Gasteiger partial charge in [-0.2, -0.15) is 0 Å². The van der Waals surface area contributed by atoms with Gasteiger partial charge in [0, 0.05) is 12.0 Å². The average Bonchev–Trinajstić information content (AvgIpc) is 2.76. The molecule has 0 aromatic heterocycles. The number of ketones is 1. The Hall–Kier alpha value is -0.370. The standard InChI is InChI=1S/C15H29NO/c1-12(2)9-10-16(11-15(17)13(3)4)14-7-5-6-8-14/h12-14H,5-11H2,1-4H3. The maximum absolute atomic E-state index is 11.9. The van der Waals surface area contributed by atoms with Gasteiger partial charge in [-0.1, -0.05) is 40.5 Å². The van der Waals surface area contributed by atoms with Crippen LogP contribution in [0.25, 0.3) is 0 Å². The number of Topliss-reactive ketones (excluding diaryl/α,β-unsaturated/α-hetero) is 1. The molecule has 2 nitrogen and oxygen atoms in total. The minimum absolute atomic E-state index is 0.179. The van der Waals surface area contributed by atoms with E-state index in [-0.39, 0.29) is 5.92 Å². The van der Waals surface area contributed by atoms with E-state index in [1.807, 2.05) is 13.8 Å². The molecule has 0 unspecified atom stereocenters. The quantitative estimate of drug-likeness (QED) is 0.677. The fourth-order valence-electron chi connectivity index (χ4n) is 2.47. The zero-order valence-electron chi connectivity index (χ0n) is 12.0. The number of rotatable bonds is 7. The van der Waals surface area contributed by atoms with Crippen molar-refractivity contribution in [1.29, 1.82) is 0 Å². The van der Waals surface area contributed by atoms with Gasteiger partial charge < -0.3 is 0 Å². The van der Waals surface area contributed by atoms with Crippen molar-refractivity contribution in [2.24, 2.45) is 11.8 Å². The van der Waals surface area contributed by atoms with Gasteiger partial charge in [0.05, 0.1) is 6.54 Å². The second-order valence-electron chi connectivity index (χ2n) is 6.21. The van der Waals surface area contributed by atoms with E-state index in [0.29, 0.717) is 18.4 Å². The van der Waals surface area contributed by atoms with Gasteiger partial charge in [0.25, 0.3) is 0 Å². The van der Waals surface area contributed by atoms with E-state index in [0.717, 1.165) is 12.5 Å².